The number of amidine groups is 1. The maximum Gasteiger partial charge on any atom is 0.236 e. The Balaban J connectivity index is 1.55. The second-order valence-electron chi connectivity index (χ2n) is 5.75. The van der Waals surface area contributed by atoms with E-state index in [1.807, 2.05) is 6.92 Å². The van der Waals surface area contributed by atoms with Crippen molar-refractivity contribution in [1.82, 2.24) is 20.1 Å². The van der Waals surface area contributed by atoms with Crippen LogP contribution in [-0.2, 0) is 22.6 Å². The van der Waals surface area contributed by atoms with Crippen LogP contribution in [0.1, 0.15) is 12.7 Å². The van der Waals surface area contributed by atoms with Crippen molar-refractivity contribution in [2.45, 2.75) is 25.0 Å². The molecule has 0 radical (unpaired) electrons. The Bertz CT molecular complexity index is 884. The topological polar surface area (TPSA) is 101 Å². The summed E-state index contributed by atoms with van der Waals surface area (Å²) in [7, 11) is 0. The third-order valence-electron chi connectivity index (χ3n) is 3.72. The van der Waals surface area contributed by atoms with Crippen LogP contribution in [0.3, 0.4) is 0 Å². The predicted octanol–water partition coefficient (Wildman–Crippen LogP) is 1.93. The van der Waals surface area contributed by atoms with Crippen molar-refractivity contribution in [3.63, 3.8) is 0 Å². The van der Waals surface area contributed by atoms with Gasteiger partial charge >= 0.3 is 0 Å². The number of carbonyl (C=O) groups excluding carboxylic acids is 2. The fraction of sp³-hybridized carbons (Fsp3) is 0.353. The minimum absolute atomic E-state index is 0.0262. The lowest BCUT2D eigenvalue weighted by Crippen LogP contribution is -2.29. The quantitative estimate of drug-likeness (QED) is 0.661. The second kappa shape index (κ2) is 9.69. The zero-order valence-corrected chi connectivity index (χ0v) is 16.8. The summed E-state index contributed by atoms with van der Waals surface area (Å²) in [4.78, 5) is 28.4. The summed E-state index contributed by atoms with van der Waals surface area (Å²) in [5.41, 5.74) is 0.507. The summed E-state index contributed by atoms with van der Waals surface area (Å²) in [5.74, 6) is 0.767. The highest BCUT2D eigenvalue weighted by Crippen LogP contribution is 2.18. The lowest BCUT2D eigenvalue weighted by molar-refractivity contribution is -0.117. The van der Waals surface area contributed by atoms with Crippen LogP contribution in [-0.4, -0.2) is 49.8 Å². The van der Waals surface area contributed by atoms with Crippen LogP contribution in [0.4, 0.5) is 10.1 Å². The van der Waals surface area contributed by atoms with Crippen LogP contribution in [0, 0.1) is 5.82 Å². The van der Waals surface area contributed by atoms with Crippen molar-refractivity contribution in [1.29, 1.82) is 0 Å². The minimum atomic E-state index is -0.368. The zero-order chi connectivity index (χ0) is 19.9. The van der Waals surface area contributed by atoms with Gasteiger partial charge in [-0.3, -0.25) is 14.6 Å². The summed E-state index contributed by atoms with van der Waals surface area (Å²) in [6.45, 7) is 3.21. The molecule has 0 unspecified atom stereocenters. The molecule has 148 valence electrons. The Labute approximate surface area is 169 Å². The molecule has 2 N–H and O–H groups in total. The molecule has 28 heavy (non-hydrogen) atoms. The van der Waals surface area contributed by atoms with Crippen LogP contribution >= 0.6 is 23.5 Å². The first-order valence-corrected chi connectivity index (χ1v) is 10.6. The molecule has 0 aliphatic carbocycles. The van der Waals surface area contributed by atoms with Gasteiger partial charge in [0.25, 0.3) is 0 Å². The van der Waals surface area contributed by atoms with Gasteiger partial charge in [-0.2, -0.15) is 0 Å². The maximum atomic E-state index is 12.9. The van der Waals surface area contributed by atoms with Crippen LogP contribution in [0.5, 0.6) is 0 Å². The molecule has 0 saturated carbocycles. The standard InChI is InChI=1S/C17H19FN6O2S2/c1-2-24-13(9-14(25)20-12-5-3-11(18)4-6-12)22-23-17(24)28-10-15(26)21-16-19-7-8-27-16/h3-6H,2,7-10H2,1H3,(H,20,25)(H,19,21,26). The molecule has 0 atom stereocenters. The second-order valence-corrected chi connectivity index (χ2v) is 7.77. The largest absolute Gasteiger partial charge is 0.326 e. The summed E-state index contributed by atoms with van der Waals surface area (Å²) in [6.07, 6.45) is 0.0262. The Morgan fingerprint density at radius 1 is 1.21 bits per heavy atom. The van der Waals surface area contributed by atoms with E-state index in [1.54, 1.807) is 4.57 Å². The molecule has 2 aromatic rings. The van der Waals surface area contributed by atoms with Crippen molar-refractivity contribution in [3.8, 4) is 0 Å². The van der Waals surface area contributed by atoms with Crippen molar-refractivity contribution < 1.29 is 14.0 Å². The first-order chi connectivity index (χ1) is 13.5. The molecule has 3 rings (SSSR count). The van der Waals surface area contributed by atoms with Crippen molar-refractivity contribution in [3.05, 3.63) is 35.9 Å². The van der Waals surface area contributed by atoms with E-state index in [2.05, 4.69) is 25.8 Å². The molecule has 8 nitrogen and oxygen atoms in total. The Hall–Kier alpha value is -2.40. The number of amides is 2. The van der Waals surface area contributed by atoms with Gasteiger partial charge in [-0.05, 0) is 31.2 Å². The fourth-order valence-electron chi connectivity index (χ4n) is 2.45. The monoisotopic (exact) mass is 422 g/mol. The molecule has 2 heterocycles. The highest BCUT2D eigenvalue weighted by atomic mass is 32.2. The van der Waals surface area contributed by atoms with E-state index >= 15 is 0 Å². The van der Waals surface area contributed by atoms with E-state index in [9.17, 15) is 14.0 Å². The number of nitrogens with zero attached hydrogens (tertiary/aromatic N) is 4. The van der Waals surface area contributed by atoms with Crippen molar-refractivity contribution in [2.24, 2.45) is 4.99 Å². The molecular weight excluding hydrogens is 403 g/mol. The molecule has 11 heteroatoms. The SMILES string of the molecule is CCn1c(CC(=O)Nc2ccc(F)cc2)nnc1SCC(=O)NC1=NCCS1. The van der Waals surface area contributed by atoms with E-state index in [-0.39, 0.29) is 29.8 Å². The van der Waals surface area contributed by atoms with Gasteiger partial charge in [0, 0.05) is 18.0 Å². The fourth-order valence-corrected chi connectivity index (χ4v) is 4.02. The van der Waals surface area contributed by atoms with E-state index in [0.717, 1.165) is 12.3 Å². The Kier molecular flexibility index (Phi) is 7.04. The van der Waals surface area contributed by atoms with Gasteiger partial charge in [0.2, 0.25) is 11.8 Å². The van der Waals surface area contributed by atoms with E-state index in [1.165, 1.54) is 47.8 Å². The van der Waals surface area contributed by atoms with E-state index in [4.69, 9.17) is 0 Å². The zero-order valence-electron chi connectivity index (χ0n) is 15.1. The maximum absolute atomic E-state index is 12.9. The summed E-state index contributed by atoms with van der Waals surface area (Å²) < 4.78 is 14.7. The Morgan fingerprint density at radius 3 is 2.68 bits per heavy atom. The average Bonchev–Trinajstić information content (AvgIpc) is 3.31. The summed E-state index contributed by atoms with van der Waals surface area (Å²) in [5, 5.41) is 14.9. The number of aliphatic imine (C=N–C) groups is 1. The van der Waals surface area contributed by atoms with Crippen LogP contribution in [0.15, 0.2) is 34.4 Å². The lowest BCUT2D eigenvalue weighted by Gasteiger charge is -2.08. The van der Waals surface area contributed by atoms with E-state index < -0.39 is 0 Å². The summed E-state index contributed by atoms with van der Waals surface area (Å²) in [6, 6.07) is 5.54. The van der Waals surface area contributed by atoms with Gasteiger partial charge in [-0.1, -0.05) is 23.5 Å². The molecule has 1 aromatic carbocycles. The molecule has 1 aromatic heterocycles. The normalized spacial score (nSPS) is 13.3. The number of anilines is 1. The van der Waals surface area contributed by atoms with Crippen LogP contribution < -0.4 is 10.6 Å². The van der Waals surface area contributed by atoms with Crippen molar-refractivity contribution in [2.75, 3.05) is 23.4 Å². The van der Waals surface area contributed by atoms with Gasteiger partial charge in [-0.15, -0.1) is 10.2 Å². The smallest absolute Gasteiger partial charge is 0.236 e. The number of hydrogen-bond acceptors (Lipinski definition) is 7. The highest BCUT2D eigenvalue weighted by molar-refractivity contribution is 8.14. The van der Waals surface area contributed by atoms with Gasteiger partial charge in [0.15, 0.2) is 10.3 Å². The number of halogens is 1. The van der Waals surface area contributed by atoms with Crippen LogP contribution in [0.25, 0.3) is 0 Å². The third-order valence-corrected chi connectivity index (χ3v) is 5.58. The third kappa shape index (κ3) is 5.55. The van der Waals surface area contributed by atoms with Gasteiger partial charge in [0.1, 0.15) is 11.6 Å². The molecule has 2 amide bonds. The van der Waals surface area contributed by atoms with Crippen molar-refractivity contribution >= 4 is 46.2 Å². The lowest BCUT2D eigenvalue weighted by atomic mass is 10.3. The molecular formula is C17H19FN6O2S2. The highest BCUT2D eigenvalue weighted by Gasteiger charge is 2.17. The number of carbonyl (C=O) groups is 2. The Morgan fingerprint density at radius 2 is 2.00 bits per heavy atom. The van der Waals surface area contributed by atoms with Gasteiger partial charge in [-0.25, -0.2) is 4.39 Å². The number of nitrogens with one attached hydrogen (secondary N) is 2. The van der Waals surface area contributed by atoms with Gasteiger partial charge in [0.05, 0.1) is 18.7 Å². The molecule has 0 fully saturated rings. The molecule has 0 saturated heterocycles. The number of aromatic nitrogens is 3. The van der Waals surface area contributed by atoms with E-state index in [0.29, 0.717) is 28.4 Å². The number of thioether (sulfide) groups is 2. The number of hydrogen-bond donors (Lipinski definition) is 2. The number of rotatable bonds is 7. The first kappa shape index (κ1) is 20.3. The summed E-state index contributed by atoms with van der Waals surface area (Å²) >= 11 is 2.78. The first-order valence-electron chi connectivity index (χ1n) is 8.62. The molecule has 0 bridgehead atoms. The average molecular weight is 423 g/mol. The molecule has 1 aliphatic rings. The predicted molar refractivity (Wildman–Crippen MR) is 108 cm³/mol. The minimum Gasteiger partial charge on any atom is -0.326 e. The number of benzene rings is 1. The molecule has 0 spiro atoms. The van der Waals surface area contributed by atoms with Gasteiger partial charge < -0.3 is 15.2 Å². The molecule has 1 aliphatic heterocycles. The van der Waals surface area contributed by atoms with Crippen LogP contribution in [0.2, 0.25) is 0 Å².